The van der Waals surface area contributed by atoms with Crippen LogP contribution in [0.3, 0.4) is 0 Å². The summed E-state index contributed by atoms with van der Waals surface area (Å²) in [4.78, 5) is 13.5. The van der Waals surface area contributed by atoms with E-state index in [-0.39, 0.29) is 30.3 Å². The van der Waals surface area contributed by atoms with Crippen LogP contribution >= 0.6 is 0 Å². The minimum atomic E-state index is -3.52. The van der Waals surface area contributed by atoms with Gasteiger partial charge in [-0.05, 0) is 42.3 Å². The van der Waals surface area contributed by atoms with Gasteiger partial charge in [-0.1, -0.05) is 36.4 Å². The minimum Gasteiger partial charge on any atom is -0.466 e. The number of rotatable bonds is 10. The van der Waals surface area contributed by atoms with Crippen LogP contribution in [-0.2, 0) is 19.4 Å². The lowest BCUT2D eigenvalue weighted by atomic mass is 10.1. The number of carbonyl (C=O) groups excluding carboxylic acids is 1. The average molecular weight is 418 g/mol. The van der Waals surface area contributed by atoms with Gasteiger partial charge < -0.3 is 14.7 Å². The summed E-state index contributed by atoms with van der Waals surface area (Å²) < 4.78 is 29.4. The number of aliphatic hydroxyl groups excluding tert-OH is 1. The molecule has 0 amide bonds. The fourth-order valence-corrected chi connectivity index (χ4v) is 3.89. The average Bonchev–Trinajstić information content (AvgIpc) is 2.72. The second kappa shape index (κ2) is 10.8. The van der Waals surface area contributed by atoms with E-state index < -0.39 is 15.8 Å². The molecule has 0 heterocycles. The number of carbonyl (C=O) groups is 1. The largest absolute Gasteiger partial charge is 0.466 e. The van der Waals surface area contributed by atoms with Crippen molar-refractivity contribution in [2.75, 3.05) is 37.5 Å². The molecule has 0 aliphatic heterocycles. The summed E-state index contributed by atoms with van der Waals surface area (Å²) >= 11 is 0. The summed E-state index contributed by atoms with van der Waals surface area (Å²) in [5.74, 6) is -0.776. The van der Waals surface area contributed by atoms with Gasteiger partial charge in [-0.3, -0.25) is 4.79 Å². The number of aliphatic hydroxyl groups is 1. The maximum atomic E-state index is 12.3. The van der Waals surface area contributed by atoms with Gasteiger partial charge in [0.25, 0.3) is 0 Å². The number of nitrogens with zero attached hydrogens (tertiary/aromatic N) is 1. The van der Waals surface area contributed by atoms with E-state index in [9.17, 15) is 13.2 Å². The van der Waals surface area contributed by atoms with Gasteiger partial charge in [0.1, 0.15) is 0 Å². The van der Waals surface area contributed by atoms with Crippen molar-refractivity contribution in [2.45, 2.75) is 18.2 Å². The van der Waals surface area contributed by atoms with Crippen molar-refractivity contribution in [1.82, 2.24) is 0 Å². The standard InChI is InChI=1S/C22H27NO5S/c1-3-28-22(25)14-17-29(26,27)21-12-8-19(9-13-21)5-4-18-6-10-20(11-7-18)23(2)15-16-24/h4-13,24H,3,14-17H2,1-2H3/b5-4+. The number of esters is 1. The Balaban J connectivity index is 2.00. The second-order valence-corrected chi connectivity index (χ2v) is 8.62. The van der Waals surface area contributed by atoms with Gasteiger partial charge >= 0.3 is 5.97 Å². The van der Waals surface area contributed by atoms with Gasteiger partial charge in [0.05, 0.1) is 30.3 Å². The van der Waals surface area contributed by atoms with Crippen LogP contribution in [-0.4, -0.2) is 52.1 Å². The van der Waals surface area contributed by atoms with E-state index in [1.54, 1.807) is 31.2 Å². The van der Waals surface area contributed by atoms with Gasteiger partial charge in [-0.2, -0.15) is 0 Å². The molecular weight excluding hydrogens is 390 g/mol. The molecule has 0 fully saturated rings. The molecule has 0 aromatic heterocycles. The fourth-order valence-electron chi connectivity index (χ4n) is 2.67. The zero-order valence-electron chi connectivity index (χ0n) is 16.7. The Bertz CT molecular complexity index is 919. The topological polar surface area (TPSA) is 83.9 Å². The highest BCUT2D eigenvalue weighted by Gasteiger charge is 2.16. The Morgan fingerprint density at radius 1 is 1.03 bits per heavy atom. The van der Waals surface area contributed by atoms with E-state index in [0.29, 0.717) is 6.54 Å². The third-order valence-electron chi connectivity index (χ3n) is 4.36. The molecule has 0 saturated heterocycles. The zero-order chi connectivity index (χ0) is 21.3. The molecule has 2 aromatic carbocycles. The molecule has 0 radical (unpaired) electrons. The first-order valence-corrected chi connectivity index (χ1v) is 11.1. The van der Waals surface area contributed by atoms with E-state index in [1.807, 2.05) is 48.4 Å². The molecule has 156 valence electrons. The molecule has 2 rings (SSSR count). The van der Waals surface area contributed by atoms with Crippen LogP contribution in [0.15, 0.2) is 53.4 Å². The van der Waals surface area contributed by atoms with Crippen LogP contribution in [0.25, 0.3) is 12.2 Å². The van der Waals surface area contributed by atoms with E-state index in [1.165, 1.54) is 0 Å². The Morgan fingerprint density at radius 2 is 1.59 bits per heavy atom. The molecule has 0 atom stereocenters. The van der Waals surface area contributed by atoms with Gasteiger partial charge in [-0.15, -0.1) is 0 Å². The van der Waals surface area contributed by atoms with Crippen LogP contribution in [0, 0.1) is 0 Å². The van der Waals surface area contributed by atoms with Gasteiger partial charge in [0, 0.05) is 19.3 Å². The lowest BCUT2D eigenvalue weighted by Gasteiger charge is -2.17. The van der Waals surface area contributed by atoms with Crippen molar-refractivity contribution in [3.8, 4) is 0 Å². The molecule has 1 N–H and O–H groups in total. The summed E-state index contributed by atoms with van der Waals surface area (Å²) in [5.41, 5.74) is 2.90. The zero-order valence-corrected chi connectivity index (χ0v) is 17.6. The maximum absolute atomic E-state index is 12.3. The highest BCUT2D eigenvalue weighted by Crippen LogP contribution is 2.17. The molecule has 0 aliphatic carbocycles. The molecule has 0 saturated carbocycles. The lowest BCUT2D eigenvalue weighted by Crippen LogP contribution is -2.20. The van der Waals surface area contributed by atoms with Crippen LogP contribution in [0.5, 0.6) is 0 Å². The van der Waals surface area contributed by atoms with E-state index in [2.05, 4.69) is 0 Å². The van der Waals surface area contributed by atoms with Gasteiger partial charge in [-0.25, -0.2) is 8.42 Å². The minimum absolute atomic E-state index is 0.104. The number of sulfone groups is 1. The molecule has 0 bridgehead atoms. The van der Waals surface area contributed by atoms with Crippen molar-refractivity contribution in [2.24, 2.45) is 0 Å². The summed E-state index contributed by atoms with van der Waals surface area (Å²) in [7, 11) is -1.60. The Morgan fingerprint density at radius 3 is 2.10 bits per heavy atom. The molecule has 2 aromatic rings. The van der Waals surface area contributed by atoms with Crippen LogP contribution in [0.2, 0.25) is 0 Å². The molecular formula is C22H27NO5S. The van der Waals surface area contributed by atoms with Gasteiger partial charge in [0.15, 0.2) is 9.84 Å². The molecule has 6 nitrogen and oxygen atoms in total. The first-order chi connectivity index (χ1) is 13.9. The summed E-state index contributed by atoms with van der Waals surface area (Å²) in [6.07, 6.45) is 3.70. The number of hydrogen-bond acceptors (Lipinski definition) is 6. The number of ether oxygens (including phenoxy) is 1. The Hall–Kier alpha value is -2.64. The molecule has 0 aliphatic rings. The first-order valence-electron chi connectivity index (χ1n) is 9.44. The maximum Gasteiger partial charge on any atom is 0.306 e. The Labute approximate surface area is 172 Å². The van der Waals surface area contributed by atoms with Crippen LogP contribution in [0.4, 0.5) is 5.69 Å². The highest BCUT2D eigenvalue weighted by molar-refractivity contribution is 7.91. The quantitative estimate of drug-likeness (QED) is 0.473. The monoisotopic (exact) mass is 417 g/mol. The fraction of sp³-hybridized carbons (Fsp3) is 0.318. The second-order valence-electron chi connectivity index (χ2n) is 6.51. The Kier molecular flexibility index (Phi) is 8.42. The lowest BCUT2D eigenvalue weighted by molar-refractivity contribution is -0.142. The molecule has 0 unspecified atom stereocenters. The predicted molar refractivity (Wildman–Crippen MR) is 115 cm³/mol. The van der Waals surface area contributed by atoms with Crippen LogP contribution in [0.1, 0.15) is 24.5 Å². The molecule has 29 heavy (non-hydrogen) atoms. The van der Waals surface area contributed by atoms with E-state index in [0.717, 1.165) is 16.8 Å². The number of hydrogen-bond donors (Lipinski definition) is 1. The summed E-state index contributed by atoms with van der Waals surface area (Å²) in [6, 6.07) is 14.5. The molecule has 0 spiro atoms. The smallest absolute Gasteiger partial charge is 0.306 e. The number of anilines is 1. The van der Waals surface area contributed by atoms with Crippen molar-refractivity contribution < 1.29 is 23.1 Å². The van der Waals surface area contributed by atoms with E-state index >= 15 is 0 Å². The van der Waals surface area contributed by atoms with E-state index in [4.69, 9.17) is 9.84 Å². The van der Waals surface area contributed by atoms with Crippen LogP contribution < -0.4 is 4.90 Å². The van der Waals surface area contributed by atoms with Crippen molar-refractivity contribution >= 4 is 33.6 Å². The van der Waals surface area contributed by atoms with Crippen molar-refractivity contribution in [1.29, 1.82) is 0 Å². The van der Waals surface area contributed by atoms with Gasteiger partial charge in [0.2, 0.25) is 0 Å². The van der Waals surface area contributed by atoms with Crippen molar-refractivity contribution in [3.63, 3.8) is 0 Å². The normalized spacial score (nSPS) is 11.6. The molecule has 7 heteroatoms. The number of likely N-dealkylation sites (N-methyl/N-ethyl adjacent to an activating group) is 1. The third kappa shape index (κ3) is 7.03. The summed E-state index contributed by atoms with van der Waals surface area (Å²) in [6.45, 7) is 2.60. The summed E-state index contributed by atoms with van der Waals surface area (Å²) in [5, 5.41) is 9.00. The van der Waals surface area contributed by atoms with Crippen molar-refractivity contribution in [3.05, 3.63) is 59.7 Å². The highest BCUT2D eigenvalue weighted by atomic mass is 32.2. The number of benzene rings is 2. The SMILES string of the molecule is CCOC(=O)CCS(=O)(=O)c1ccc(/C=C/c2ccc(N(C)CCO)cc2)cc1. The predicted octanol–water partition coefficient (Wildman–Crippen LogP) is 3.01. The first kappa shape index (κ1) is 22.6. The third-order valence-corrected chi connectivity index (χ3v) is 6.09.